The average molecular weight is 484 g/mol. The Morgan fingerprint density at radius 3 is 2.20 bits per heavy atom. The van der Waals surface area contributed by atoms with Crippen LogP contribution >= 0.6 is 34.8 Å². The molecule has 30 heavy (non-hydrogen) atoms. The molecule has 5 nitrogen and oxygen atoms in total. The van der Waals surface area contributed by atoms with E-state index in [-0.39, 0.29) is 39.5 Å². The normalized spacial score (nSPS) is 11.2. The number of nitrogens with one attached hydrogen (secondary N) is 2. The average Bonchev–Trinajstić information content (AvgIpc) is 2.71. The van der Waals surface area contributed by atoms with Crippen LogP contribution in [0.15, 0.2) is 76.5 Å². The van der Waals surface area contributed by atoms with Crippen molar-refractivity contribution < 1.29 is 13.2 Å². The van der Waals surface area contributed by atoms with Gasteiger partial charge in [0.05, 0.1) is 22.2 Å². The van der Waals surface area contributed by atoms with Gasteiger partial charge in [-0.25, -0.2) is 8.42 Å². The minimum Gasteiger partial charge on any atom is -0.375 e. The number of hydrogen-bond donors (Lipinski definition) is 2. The van der Waals surface area contributed by atoms with Crippen molar-refractivity contribution in [3.63, 3.8) is 0 Å². The van der Waals surface area contributed by atoms with E-state index in [1.807, 2.05) is 12.1 Å². The van der Waals surface area contributed by atoms with Crippen molar-refractivity contribution in [3.05, 3.63) is 87.4 Å². The number of hydrogen-bond acceptors (Lipinski definition) is 4. The van der Waals surface area contributed by atoms with Crippen LogP contribution in [0.5, 0.6) is 0 Å². The van der Waals surface area contributed by atoms with Crippen LogP contribution in [0.4, 0.5) is 5.69 Å². The lowest BCUT2D eigenvalue weighted by molar-refractivity contribution is -0.119. The summed E-state index contributed by atoms with van der Waals surface area (Å²) < 4.78 is 26.2. The smallest absolute Gasteiger partial charge is 0.239 e. The van der Waals surface area contributed by atoms with Gasteiger partial charge in [-0.05, 0) is 48.0 Å². The molecular weight excluding hydrogens is 467 g/mol. The summed E-state index contributed by atoms with van der Waals surface area (Å²) in [5.74, 6) is -0.329. The first-order valence-electron chi connectivity index (χ1n) is 8.82. The molecule has 1 amide bonds. The predicted octanol–water partition coefficient (Wildman–Crippen LogP) is 5.21. The van der Waals surface area contributed by atoms with E-state index in [1.54, 1.807) is 24.3 Å². The van der Waals surface area contributed by atoms with Gasteiger partial charge in [0, 0.05) is 16.6 Å². The second-order valence-electron chi connectivity index (χ2n) is 6.30. The maximum atomic E-state index is 13.1. The van der Waals surface area contributed by atoms with Gasteiger partial charge in [0.25, 0.3) is 0 Å². The summed E-state index contributed by atoms with van der Waals surface area (Å²) >= 11 is 18.1. The fraction of sp³-hybridized carbons (Fsp3) is 0.0952. The zero-order valence-electron chi connectivity index (χ0n) is 15.5. The minimum absolute atomic E-state index is 0.0474. The van der Waals surface area contributed by atoms with E-state index in [9.17, 15) is 13.2 Å². The number of halogens is 3. The first kappa shape index (κ1) is 22.4. The Labute approximate surface area is 189 Å². The number of amides is 1. The number of anilines is 1. The summed E-state index contributed by atoms with van der Waals surface area (Å²) in [6.07, 6.45) is 0. The lowest BCUT2D eigenvalue weighted by atomic mass is 10.2. The van der Waals surface area contributed by atoms with Crippen molar-refractivity contribution in [2.45, 2.75) is 16.3 Å². The fourth-order valence-electron chi connectivity index (χ4n) is 2.73. The fourth-order valence-corrected chi connectivity index (χ4v) is 5.02. The molecule has 3 rings (SSSR count). The zero-order valence-corrected chi connectivity index (χ0v) is 18.6. The lowest BCUT2D eigenvalue weighted by Crippen LogP contribution is -2.29. The summed E-state index contributed by atoms with van der Waals surface area (Å²) in [6.45, 7) is 0.111. The molecule has 0 radical (unpaired) electrons. The molecule has 0 unspecified atom stereocenters. The lowest BCUT2D eigenvalue weighted by Gasteiger charge is -2.14. The van der Waals surface area contributed by atoms with Crippen molar-refractivity contribution in [2.24, 2.45) is 0 Å². The molecule has 0 atom stereocenters. The van der Waals surface area contributed by atoms with Crippen LogP contribution in [0.2, 0.25) is 15.1 Å². The number of rotatable bonds is 7. The van der Waals surface area contributed by atoms with E-state index < -0.39 is 9.84 Å². The molecule has 0 bridgehead atoms. The van der Waals surface area contributed by atoms with Crippen molar-refractivity contribution in [1.82, 2.24) is 5.32 Å². The third-order valence-electron chi connectivity index (χ3n) is 4.23. The second-order valence-corrected chi connectivity index (χ2v) is 9.43. The third kappa shape index (κ3) is 5.26. The van der Waals surface area contributed by atoms with Crippen LogP contribution in [0, 0.1) is 0 Å². The summed E-state index contributed by atoms with van der Waals surface area (Å²) in [7, 11) is -3.93. The van der Waals surface area contributed by atoms with Gasteiger partial charge in [-0.1, -0.05) is 59.1 Å². The molecule has 9 heteroatoms. The monoisotopic (exact) mass is 482 g/mol. The molecule has 0 aromatic heterocycles. The number of carbonyl (C=O) groups is 1. The van der Waals surface area contributed by atoms with Crippen molar-refractivity contribution in [3.8, 4) is 0 Å². The molecule has 0 saturated heterocycles. The standard InChI is InChI=1S/C21H17Cl3N2O3S/c22-15-8-10-16(11-9-15)30(28,29)21-18(24)6-3-7-19(21)25-13-20(27)26-12-14-4-1-2-5-17(14)23/h1-11,25H,12-13H2,(H,26,27). The van der Waals surface area contributed by atoms with Crippen molar-refractivity contribution in [2.75, 3.05) is 11.9 Å². The summed E-state index contributed by atoms with van der Waals surface area (Å²) in [5, 5.41) is 6.61. The summed E-state index contributed by atoms with van der Waals surface area (Å²) in [5.41, 5.74) is 1.01. The molecule has 3 aromatic rings. The SMILES string of the molecule is O=C(CNc1cccc(Cl)c1S(=O)(=O)c1ccc(Cl)cc1)NCc1ccccc1Cl. The zero-order chi connectivity index (χ0) is 21.7. The Bertz CT molecular complexity index is 1170. The van der Waals surface area contributed by atoms with Gasteiger partial charge in [-0.2, -0.15) is 0 Å². The third-order valence-corrected chi connectivity index (χ3v) is 7.15. The van der Waals surface area contributed by atoms with Crippen LogP contribution in [0.1, 0.15) is 5.56 Å². The number of sulfone groups is 1. The first-order valence-corrected chi connectivity index (χ1v) is 11.4. The van der Waals surface area contributed by atoms with Gasteiger partial charge in [-0.3, -0.25) is 4.79 Å². The van der Waals surface area contributed by atoms with Gasteiger partial charge in [-0.15, -0.1) is 0 Å². The van der Waals surface area contributed by atoms with Crippen molar-refractivity contribution >= 4 is 56.2 Å². The summed E-state index contributed by atoms with van der Waals surface area (Å²) in [6, 6.07) is 17.6. The quantitative estimate of drug-likeness (QED) is 0.484. The molecule has 0 aliphatic carbocycles. The van der Waals surface area contributed by atoms with E-state index in [4.69, 9.17) is 34.8 Å². The molecule has 0 heterocycles. The van der Waals surface area contributed by atoms with Gasteiger partial charge in [0.1, 0.15) is 4.90 Å². The summed E-state index contributed by atoms with van der Waals surface area (Å²) in [4.78, 5) is 12.2. The van der Waals surface area contributed by atoms with Crippen LogP contribution in [-0.4, -0.2) is 20.9 Å². The van der Waals surface area contributed by atoms with E-state index in [2.05, 4.69) is 10.6 Å². The molecule has 0 aliphatic heterocycles. The largest absolute Gasteiger partial charge is 0.375 e. The van der Waals surface area contributed by atoms with E-state index >= 15 is 0 Å². The maximum Gasteiger partial charge on any atom is 0.239 e. The predicted molar refractivity (Wildman–Crippen MR) is 120 cm³/mol. The van der Waals surface area contributed by atoms with E-state index in [0.29, 0.717) is 10.0 Å². The highest BCUT2D eigenvalue weighted by molar-refractivity contribution is 7.91. The number of carbonyl (C=O) groups excluding carboxylic acids is 1. The highest BCUT2D eigenvalue weighted by atomic mass is 35.5. The first-order chi connectivity index (χ1) is 14.3. The molecule has 0 aliphatic rings. The molecule has 0 saturated carbocycles. The van der Waals surface area contributed by atoms with Gasteiger partial charge < -0.3 is 10.6 Å². The van der Waals surface area contributed by atoms with E-state index in [0.717, 1.165) is 5.56 Å². The van der Waals surface area contributed by atoms with E-state index in [1.165, 1.54) is 30.3 Å². The highest BCUT2D eigenvalue weighted by Gasteiger charge is 2.24. The minimum atomic E-state index is -3.93. The molecular formula is C21H17Cl3N2O3S. The van der Waals surface area contributed by atoms with Crippen molar-refractivity contribution in [1.29, 1.82) is 0 Å². The van der Waals surface area contributed by atoms with Crippen LogP contribution < -0.4 is 10.6 Å². The van der Waals surface area contributed by atoms with Crippen LogP contribution in [-0.2, 0) is 21.2 Å². The van der Waals surface area contributed by atoms with Crippen LogP contribution in [0.25, 0.3) is 0 Å². The van der Waals surface area contributed by atoms with Crippen LogP contribution in [0.3, 0.4) is 0 Å². The Kier molecular flexibility index (Phi) is 7.26. The Balaban J connectivity index is 1.76. The molecule has 156 valence electrons. The van der Waals surface area contributed by atoms with Gasteiger partial charge in [0.2, 0.25) is 15.7 Å². The molecule has 0 fully saturated rings. The van der Waals surface area contributed by atoms with Gasteiger partial charge in [0.15, 0.2) is 0 Å². The molecule has 2 N–H and O–H groups in total. The molecule has 0 spiro atoms. The molecule has 3 aromatic carbocycles. The second kappa shape index (κ2) is 9.71. The Morgan fingerprint density at radius 1 is 0.833 bits per heavy atom. The number of benzene rings is 3. The Morgan fingerprint density at radius 2 is 1.50 bits per heavy atom. The highest BCUT2D eigenvalue weighted by Crippen LogP contribution is 2.34. The van der Waals surface area contributed by atoms with Gasteiger partial charge >= 0.3 is 0 Å². The topological polar surface area (TPSA) is 75.3 Å². The Hall–Kier alpha value is -2.25. The maximum absolute atomic E-state index is 13.1.